The van der Waals surface area contributed by atoms with Crippen molar-refractivity contribution < 1.29 is 14.4 Å². The number of hydrogen-bond donors (Lipinski definition) is 3. The molecule has 1 atom stereocenters. The molecule has 0 radical (unpaired) electrons. The third-order valence-corrected chi connectivity index (χ3v) is 1.15. The molecule has 0 fully saturated rings. The van der Waals surface area contributed by atoms with Crippen LogP contribution in [0.4, 0.5) is 0 Å². The molecule has 0 bridgehead atoms. The van der Waals surface area contributed by atoms with Gasteiger partial charge in [-0.15, -0.1) is 0 Å². The van der Waals surface area contributed by atoms with Gasteiger partial charge in [-0.25, -0.2) is 0 Å². The Morgan fingerprint density at radius 3 is 2.58 bits per heavy atom. The normalized spacial score (nSPS) is 11.4. The van der Waals surface area contributed by atoms with Crippen molar-refractivity contribution in [2.45, 2.75) is 13.0 Å². The van der Waals surface area contributed by atoms with Crippen LogP contribution in [-0.4, -0.2) is 30.8 Å². The Hall–Kier alpha value is -1.59. The van der Waals surface area contributed by atoms with Crippen LogP contribution in [0.1, 0.15) is 6.92 Å². The van der Waals surface area contributed by atoms with Crippen molar-refractivity contribution in [2.75, 3.05) is 6.54 Å². The van der Waals surface area contributed by atoms with Crippen LogP contribution < -0.4 is 16.4 Å². The minimum Gasteiger partial charge on any atom is -0.368 e. The van der Waals surface area contributed by atoms with Gasteiger partial charge in [0, 0.05) is 0 Å². The van der Waals surface area contributed by atoms with Crippen LogP contribution in [0, 0.1) is 0 Å². The number of nitrogens with two attached hydrogens (primary N) is 1. The van der Waals surface area contributed by atoms with E-state index in [2.05, 4.69) is 10.6 Å². The molecule has 68 valence electrons. The summed E-state index contributed by atoms with van der Waals surface area (Å²) in [5.74, 6) is -1.07. The predicted molar refractivity (Wildman–Crippen MR) is 40.9 cm³/mol. The molecule has 0 rings (SSSR count). The van der Waals surface area contributed by atoms with E-state index in [1.54, 1.807) is 0 Å². The number of primary amides is 1. The van der Waals surface area contributed by atoms with Crippen molar-refractivity contribution in [3.63, 3.8) is 0 Å². The van der Waals surface area contributed by atoms with Gasteiger partial charge >= 0.3 is 0 Å². The zero-order valence-electron chi connectivity index (χ0n) is 6.66. The average molecular weight is 173 g/mol. The Morgan fingerprint density at radius 1 is 1.58 bits per heavy atom. The molecule has 0 saturated heterocycles. The number of nitrogens with one attached hydrogen (secondary N) is 2. The topological polar surface area (TPSA) is 101 Å². The molecule has 3 amide bonds. The first-order chi connectivity index (χ1) is 5.57. The second-order valence-corrected chi connectivity index (χ2v) is 2.19. The van der Waals surface area contributed by atoms with Crippen molar-refractivity contribution in [2.24, 2.45) is 5.73 Å². The standard InChI is InChI=1S/C6H11N3O3/c1-4(6(7)12)9-5(11)2-8-3-10/h3-4H,2H2,1H3,(H2,7,12)(H,8,10)(H,9,11)/t4-/m0/s1. The minimum atomic E-state index is -0.717. The van der Waals surface area contributed by atoms with Gasteiger partial charge in [-0.2, -0.15) is 0 Å². The second-order valence-electron chi connectivity index (χ2n) is 2.19. The Balaban J connectivity index is 3.68. The fourth-order valence-corrected chi connectivity index (χ4v) is 0.498. The lowest BCUT2D eigenvalue weighted by Crippen LogP contribution is -2.45. The highest BCUT2D eigenvalue weighted by Crippen LogP contribution is 1.77. The fourth-order valence-electron chi connectivity index (χ4n) is 0.498. The Bertz CT molecular complexity index is 192. The number of amides is 3. The molecule has 0 heterocycles. The maximum absolute atomic E-state index is 10.8. The van der Waals surface area contributed by atoms with Crippen molar-refractivity contribution in [1.82, 2.24) is 10.6 Å². The predicted octanol–water partition coefficient (Wildman–Crippen LogP) is -2.28. The van der Waals surface area contributed by atoms with E-state index in [4.69, 9.17) is 5.73 Å². The van der Waals surface area contributed by atoms with Gasteiger partial charge in [0.15, 0.2) is 0 Å². The molecule has 0 aliphatic heterocycles. The van der Waals surface area contributed by atoms with Gasteiger partial charge in [0.05, 0.1) is 6.54 Å². The molecule has 0 spiro atoms. The van der Waals surface area contributed by atoms with Crippen LogP contribution >= 0.6 is 0 Å². The summed E-state index contributed by atoms with van der Waals surface area (Å²) in [4.78, 5) is 30.9. The molecular formula is C6H11N3O3. The Labute approximate surface area is 69.5 Å². The molecule has 6 heteroatoms. The molecule has 0 unspecified atom stereocenters. The van der Waals surface area contributed by atoms with E-state index in [0.717, 1.165) is 0 Å². The Morgan fingerprint density at radius 2 is 2.17 bits per heavy atom. The molecule has 0 aromatic rings. The molecule has 0 aromatic carbocycles. The van der Waals surface area contributed by atoms with Crippen molar-refractivity contribution >= 4 is 18.2 Å². The number of carbonyl (C=O) groups is 3. The fraction of sp³-hybridized carbons (Fsp3) is 0.500. The third-order valence-electron chi connectivity index (χ3n) is 1.15. The summed E-state index contributed by atoms with van der Waals surface area (Å²) >= 11 is 0. The highest BCUT2D eigenvalue weighted by molar-refractivity contribution is 5.87. The van der Waals surface area contributed by atoms with Gasteiger partial charge in [0.25, 0.3) is 0 Å². The van der Waals surface area contributed by atoms with Gasteiger partial charge in [0.2, 0.25) is 18.2 Å². The molecule has 6 nitrogen and oxygen atoms in total. The summed E-state index contributed by atoms with van der Waals surface area (Å²) in [5, 5.41) is 4.43. The van der Waals surface area contributed by atoms with E-state index in [1.807, 2.05) is 0 Å². The molecular weight excluding hydrogens is 162 g/mol. The maximum Gasteiger partial charge on any atom is 0.240 e. The zero-order valence-corrected chi connectivity index (χ0v) is 6.66. The first-order valence-corrected chi connectivity index (χ1v) is 3.33. The van der Waals surface area contributed by atoms with Crippen LogP contribution in [0.3, 0.4) is 0 Å². The van der Waals surface area contributed by atoms with E-state index >= 15 is 0 Å². The molecule has 12 heavy (non-hydrogen) atoms. The van der Waals surface area contributed by atoms with Gasteiger partial charge < -0.3 is 16.4 Å². The molecule has 4 N–H and O–H groups in total. The van der Waals surface area contributed by atoms with Gasteiger partial charge in [-0.05, 0) is 6.92 Å². The van der Waals surface area contributed by atoms with E-state index in [9.17, 15) is 14.4 Å². The highest BCUT2D eigenvalue weighted by atomic mass is 16.2. The second kappa shape index (κ2) is 5.11. The van der Waals surface area contributed by atoms with E-state index in [0.29, 0.717) is 6.41 Å². The first-order valence-electron chi connectivity index (χ1n) is 3.33. The smallest absolute Gasteiger partial charge is 0.240 e. The van der Waals surface area contributed by atoms with Crippen LogP contribution in [-0.2, 0) is 14.4 Å². The minimum absolute atomic E-state index is 0.152. The molecule has 0 aliphatic rings. The number of carbonyl (C=O) groups excluding carboxylic acids is 3. The maximum atomic E-state index is 10.8. The Kier molecular flexibility index (Phi) is 4.43. The molecule has 0 aliphatic carbocycles. The monoisotopic (exact) mass is 173 g/mol. The van der Waals surface area contributed by atoms with Crippen LogP contribution in [0.15, 0.2) is 0 Å². The summed E-state index contributed by atoms with van der Waals surface area (Å²) in [6.07, 6.45) is 0.397. The van der Waals surface area contributed by atoms with Crippen molar-refractivity contribution in [3.05, 3.63) is 0 Å². The van der Waals surface area contributed by atoms with E-state index in [1.165, 1.54) is 6.92 Å². The average Bonchev–Trinajstić information content (AvgIpc) is 2.00. The lowest BCUT2D eigenvalue weighted by Gasteiger charge is -2.08. The zero-order chi connectivity index (χ0) is 9.56. The number of rotatable bonds is 5. The molecule has 0 saturated carbocycles. The van der Waals surface area contributed by atoms with Crippen LogP contribution in [0.25, 0.3) is 0 Å². The van der Waals surface area contributed by atoms with Crippen molar-refractivity contribution in [3.8, 4) is 0 Å². The lowest BCUT2D eigenvalue weighted by molar-refractivity contribution is -0.127. The van der Waals surface area contributed by atoms with Crippen LogP contribution in [0.5, 0.6) is 0 Å². The van der Waals surface area contributed by atoms with Gasteiger partial charge in [0.1, 0.15) is 6.04 Å². The lowest BCUT2D eigenvalue weighted by atomic mass is 10.3. The number of hydrogen-bond acceptors (Lipinski definition) is 3. The van der Waals surface area contributed by atoms with Crippen LogP contribution in [0.2, 0.25) is 0 Å². The quantitative estimate of drug-likeness (QED) is 0.408. The summed E-state index contributed by atoms with van der Waals surface area (Å²) in [5.41, 5.74) is 4.87. The van der Waals surface area contributed by atoms with Gasteiger partial charge in [-0.1, -0.05) is 0 Å². The summed E-state index contributed by atoms with van der Waals surface area (Å²) in [6.45, 7) is 1.31. The van der Waals surface area contributed by atoms with E-state index < -0.39 is 17.9 Å². The van der Waals surface area contributed by atoms with Crippen molar-refractivity contribution in [1.29, 1.82) is 0 Å². The SMILES string of the molecule is C[C@H](NC(=O)CNC=O)C(N)=O. The summed E-state index contributed by atoms with van der Waals surface area (Å²) < 4.78 is 0. The summed E-state index contributed by atoms with van der Waals surface area (Å²) in [7, 11) is 0. The largest absolute Gasteiger partial charge is 0.368 e. The highest BCUT2D eigenvalue weighted by Gasteiger charge is 2.10. The third kappa shape index (κ3) is 4.26. The van der Waals surface area contributed by atoms with E-state index in [-0.39, 0.29) is 6.54 Å². The van der Waals surface area contributed by atoms with Gasteiger partial charge in [-0.3, -0.25) is 14.4 Å². The first kappa shape index (κ1) is 10.4. The summed E-state index contributed by atoms with van der Waals surface area (Å²) in [6, 6.07) is -0.717. The molecule has 0 aromatic heterocycles.